The highest BCUT2D eigenvalue weighted by Crippen LogP contribution is 2.14. The van der Waals surface area contributed by atoms with Crippen LogP contribution in [0.25, 0.3) is 0 Å². The van der Waals surface area contributed by atoms with E-state index in [1.54, 1.807) is 19.2 Å². The van der Waals surface area contributed by atoms with Crippen LogP contribution in [0.5, 0.6) is 0 Å². The van der Waals surface area contributed by atoms with Crippen LogP contribution in [0.3, 0.4) is 0 Å². The molecule has 2 unspecified atom stereocenters. The third-order valence-corrected chi connectivity index (χ3v) is 4.69. The van der Waals surface area contributed by atoms with Gasteiger partial charge < -0.3 is 5.32 Å². The highest BCUT2D eigenvalue weighted by atomic mass is 32.2. The van der Waals surface area contributed by atoms with Crippen LogP contribution >= 0.6 is 0 Å². The first kappa shape index (κ1) is 15.9. The fourth-order valence-electron chi connectivity index (χ4n) is 1.84. The highest BCUT2D eigenvalue weighted by Gasteiger charge is 2.18. The molecule has 1 aromatic rings. The molecule has 1 rings (SSSR count). The summed E-state index contributed by atoms with van der Waals surface area (Å²) in [6.45, 7) is 6.11. The van der Waals surface area contributed by atoms with E-state index in [1.165, 1.54) is 6.20 Å². The van der Waals surface area contributed by atoms with E-state index in [9.17, 15) is 8.42 Å². The molecule has 0 aliphatic carbocycles. The Kier molecular flexibility index (Phi) is 5.75. The molecule has 6 heteroatoms. The summed E-state index contributed by atoms with van der Waals surface area (Å²) in [6, 6.07) is 3.12. The minimum Gasteiger partial charge on any atom is -0.373 e. The number of pyridine rings is 1. The zero-order chi connectivity index (χ0) is 14.5. The molecule has 2 atom stereocenters. The number of anilines is 1. The second kappa shape index (κ2) is 6.86. The van der Waals surface area contributed by atoms with Gasteiger partial charge in [-0.2, -0.15) is 0 Å². The maximum atomic E-state index is 12.1. The molecule has 5 nitrogen and oxygen atoms in total. The van der Waals surface area contributed by atoms with E-state index in [-0.39, 0.29) is 10.9 Å². The number of hydrogen-bond donors (Lipinski definition) is 2. The van der Waals surface area contributed by atoms with Crippen LogP contribution in [-0.4, -0.2) is 26.5 Å². The molecule has 0 amide bonds. The summed E-state index contributed by atoms with van der Waals surface area (Å²) in [6.07, 6.45) is 3.24. The van der Waals surface area contributed by atoms with Gasteiger partial charge >= 0.3 is 0 Å². The van der Waals surface area contributed by atoms with Crippen molar-refractivity contribution in [1.29, 1.82) is 0 Å². The standard InChI is InChI=1S/C13H23N3O2S/c1-5-10(2)8-11(3)16-19(17,18)12-6-7-13(14-4)15-9-12/h6-7,9-11,16H,5,8H2,1-4H3,(H,14,15). The van der Waals surface area contributed by atoms with Crippen molar-refractivity contribution in [3.63, 3.8) is 0 Å². The van der Waals surface area contributed by atoms with E-state index in [0.717, 1.165) is 12.8 Å². The van der Waals surface area contributed by atoms with Gasteiger partial charge in [-0.3, -0.25) is 0 Å². The van der Waals surface area contributed by atoms with Crippen LogP contribution in [0.4, 0.5) is 5.82 Å². The van der Waals surface area contributed by atoms with Gasteiger partial charge in [-0.25, -0.2) is 18.1 Å². The molecule has 2 N–H and O–H groups in total. The largest absolute Gasteiger partial charge is 0.373 e. The number of sulfonamides is 1. The molecular formula is C13H23N3O2S. The van der Waals surface area contributed by atoms with Gasteiger partial charge in [0.25, 0.3) is 0 Å². The van der Waals surface area contributed by atoms with Gasteiger partial charge in [-0.05, 0) is 31.4 Å². The van der Waals surface area contributed by atoms with Crippen LogP contribution in [0.15, 0.2) is 23.2 Å². The van der Waals surface area contributed by atoms with Crippen molar-refractivity contribution in [2.75, 3.05) is 12.4 Å². The molecule has 0 aliphatic heterocycles. The summed E-state index contributed by atoms with van der Waals surface area (Å²) in [4.78, 5) is 4.21. The average Bonchev–Trinajstić information content (AvgIpc) is 2.37. The van der Waals surface area contributed by atoms with Gasteiger partial charge in [-0.1, -0.05) is 20.3 Å². The number of hydrogen-bond acceptors (Lipinski definition) is 4. The van der Waals surface area contributed by atoms with Crippen molar-refractivity contribution >= 4 is 15.8 Å². The van der Waals surface area contributed by atoms with E-state index in [4.69, 9.17) is 0 Å². The molecule has 0 bridgehead atoms. The predicted molar refractivity (Wildman–Crippen MR) is 77.6 cm³/mol. The lowest BCUT2D eigenvalue weighted by atomic mass is 10.0. The van der Waals surface area contributed by atoms with Crippen LogP contribution in [0, 0.1) is 5.92 Å². The molecule has 0 spiro atoms. The molecule has 0 aliphatic rings. The summed E-state index contributed by atoms with van der Waals surface area (Å²) in [5.41, 5.74) is 0. The van der Waals surface area contributed by atoms with E-state index >= 15 is 0 Å². The van der Waals surface area contributed by atoms with E-state index in [1.807, 2.05) is 6.92 Å². The fraction of sp³-hybridized carbons (Fsp3) is 0.615. The zero-order valence-corrected chi connectivity index (χ0v) is 12.8. The first-order valence-corrected chi connectivity index (χ1v) is 8.03. The molecule has 1 heterocycles. The van der Waals surface area contributed by atoms with Gasteiger partial charge in [0.2, 0.25) is 10.0 Å². The monoisotopic (exact) mass is 285 g/mol. The van der Waals surface area contributed by atoms with Crippen LogP contribution in [0.2, 0.25) is 0 Å². The number of nitrogens with one attached hydrogen (secondary N) is 2. The second-order valence-corrected chi connectivity index (χ2v) is 6.61. The molecule has 0 aromatic carbocycles. The minimum atomic E-state index is -3.48. The summed E-state index contributed by atoms with van der Waals surface area (Å²) in [5.74, 6) is 1.15. The summed E-state index contributed by atoms with van der Waals surface area (Å²) >= 11 is 0. The van der Waals surface area contributed by atoms with Crippen LogP contribution in [-0.2, 0) is 10.0 Å². The number of nitrogens with zero attached hydrogens (tertiary/aromatic N) is 1. The van der Waals surface area contributed by atoms with Crippen molar-refractivity contribution in [2.24, 2.45) is 5.92 Å². The Morgan fingerprint density at radius 2 is 2.00 bits per heavy atom. The second-order valence-electron chi connectivity index (χ2n) is 4.90. The van der Waals surface area contributed by atoms with Crippen LogP contribution in [0.1, 0.15) is 33.6 Å². The van der Waals surface area contributed by atoms with E-state index < -0.39 is 10.0 Å². The smallest absolute Gasteiger partial charge is 0.242 e. The molecule has 19 heavy (non-hydrogen) atoms. The van der Waals surface area contributed by atoms with Gasteiger partial charge in [-0.15, -0.1) is 0 Å². The van der Waals surface area contributed by atoms with Crippen molar-refractivity contribution in [3.05, 3.63) is 18.3 Å². The summed E-state index contributed by atoms with van der Waals surface area (Å²) in [5, 5.41) is 2.85. The van der Waals surface area contributed by atoms with Crippen molar-refractivity contribution in [2.45, 2.75) is 44.6 Å². The summed E-state index contributed by atoms with van der Waals surface area (Å²) < 4.78 is 27.0. The topological polar surface area (TPSA) is 71.1 Å². The lowest BCUT2D eigenvalue weighted by Gasteiger charge is -2.17. The Bertz CT molecular complexity index is 485. The predicted octanol–water partition coefficient (Wildman–Crippen LogP) is 2.23. The van der Waals surface area contributed by atoms with Gasteiger partial charge in [0.1, 0.15) is 10.7 Å². The van der Waals surface area contributed by atoms with E-state index in [0.29, 0.717) is 11.7 Å². The molecule has 1 aromatic heterocycles. The number of aromatic nitrogens is 1. The summed E-state index contributed by atoms with van der Waals surface area (Å²) in [7, 11) is -1.74. The van der Waals surface area contributed by atoms with E-state index in [2.05, 4.69) is 28.9 Å². The lowest BCUT2D eigenvalue weighted by molar-refractivity contribution is 0.445. The van der Waals surface area contributed by atoms with Crippen molar-refractivity contribution in [3.8, 4) is 0 Å². The Labute approximate surface area is 115 Å². The maximum absolute atomic E-state index is 12.1. The molecule has 0 radical (unpaired) electrons. The third kappa shape index (κ3) is 4.80. The maximum Gasteiger partial charge on any atom is 0.242 e. The molecular weight excluding hydrogens is 262 g/mol. The Hall–Kier alpha value is -1.14. The SMILES string of the molecule is CCC(C)CC(C)NS(=O)(=O)c1ccc(NC)nc1. The van der Waals surface area contributed by atoms with Gasteiger partial charge in [0.15, 0.2) is 0 Å². The fourth-order valence-corrected chi connectivity index (χ4v) is 3.04. The minimum absolute atomic E-state index is 0.0797. The molecule has 0 saturated carbocycles. The quantitative estimate of drug-likeness (QED) is 0.806. The Morgan fingerprint density at radius 3 is 2.47 bits per heavy atom. The number of rotatable bonds is 7. The first-order chi connectivity index (χ1) is 8.89. The zero-order valence-electron chi connectivity index (χ0n) is 12.0. The van der Waals surface area contributed by atoms with Gasteiger partial charge in [0, 0.05) is 19.3 Å². The average molecular weight is 285 g/mol. The van der Waals surface area contributed by atoms with Gasteiger partial charge in [0.05, 0.1) is 0 Å². The molecule has 0 saturated heterocycles. The Morgan fingerprint density at radius 1 is 1.32 bits per heavy atom. The molecule has 108 valence electrons. The van der Waals surface area contributed by atoms with Crippen LogP contribution < -0.4 is 10.0 Å². The van der Waals surface area contributed by atoms with Crippen molar-refractivity contribution in [1.82, 2.24) is 9.71 Å². The highest BCUT2D eigenvalue weighted by molar-refractivity contribution is 7.89. The molecule has 0 fully saturated rings. The van der Waals surface area contributed by atoms with Crippen molar-refractivity contribution < 1.29 is 8.42 Å². The Balaban J connectivity index is 2.74. The normalized spacial score (nSPS) is 14.9. The third-order valence-electron chi connectivity index (χ3n) is 3.11. The first-order valence-electron chi connectivity index (χ1n) is 6.55. The lowest BCUT2D eigenvalue weighted by Crippen LogP contribution is -2.33.